The van der Waals surface area contributed by atoms with E-state index in [4.69, 9.17) is 0 Å². The number of nitrogens with one attached hydrogen (secondary N) is 3. The fraction of sp³-hybridized carbons (Fsp3) is 0.267. The monoisotopic (exact) mass is 530 g/mol. The Hall–Kier alpha value is -4.04. The third kappa shape index (κ3) is 6.83. The molecular formula is C30H34N4O3S. The van der Waals surface area contributed by atoms with Crippen LogP contribution < -0.4 is 16.0 Å². The second-order valence-corrected chi connectivity index (χ2v) is 10.9. The van der Waals surface area contributed by atoms with E-state index in [9.17, 15) is 14.4 Å². The van der Waals surface area contributed by atoms with Crippen LogP contribution in [0.1, 0.15) is 71.3 Å². The van der Waals surface area contributed by atoms with Gasteiger partial charge in [0.25, 0.3) is 11.8 Å². The molecule has 0 saturated carbocycles. The quantitative estimate of drug-likeness (QED) is 0.233. The number of thiazole rings is 1. The minimum atomic E-state index is -0.238. The van der Waals surface area contributed by atoms with Gasteiger partial charge in [0.15, 0.2) is 10.9 Å². The van der Waals surface area contributed by atoms with Crippen molar-refractivity contribution in [3.05, 3.63) is 93.6 Å². The Kier molecular flexibility index (Phi) is 9.01. The summed E-state index contributed by atoms with van der Waals surface area (Å²) in [5.74, 6) is -0.607. The summed E-state index contributed by atoms with van der Waals surface area (Å²) in [6.07, 6.45) is 5.12. The molecule has 2 aromatic carbocycles. The van der Waals surface area contributed by atoms with Crippen molar-refractivity contribution in [2.45, 2.75) is 47.0 Å². The zero-order valence-corrected chi connectivity index (χ0v) is 23.7. The molecule has 2 amide bonds. The van der Waals surface area contributed by atoms with E-state index in [1.807, 2.05) is 62.4 Å². The molecule has 0 radical (unpaired) electrons. The average molecular weight is 531 g/mol. The van der Waals surface area contributed by atoms with Gasteiger partial charge in [-0.2, -0.15) is 0 Å². The number of ketones is 1. The fourth-order valence-corrected chi connectivity index (χ4v) is 4.55. The molecular weight excluding hydrogens is 496 g/mol. The Morgan fingerprint density at radius 1 is 0.974 bits per heavy atom. The number of hydrogen-bond donors (Lipinski definition) is 3. The lowest BCUT2D eigenvalue weighted by Crippen LogP contribution is -2.16. The van der Waals surface area contributed by atoms with E-state index in [-0.39, 0.29) is 23.0 Å². The summed E-state index contributed by atoms with van der Waals surface area (Å²) in [5.41, 5.74) is 5.32. The summed E-state index contributed by atoms with van der Waals surface area (Å²) in [4.78, 5) is 42.0. The van der Waals surface area contributed by atoms with Crippen LogP contribution in [-0.4, -0.2) is 29.6 Å². The normalized spacial score (nSPS) is 12.2. The standard InChI is InChI=1S/C30H34N4O3S/c1-8-20(16-25(19(3)35)34-29-32-17-26(38-29)28(37)31-7)23-10-9-11-24(18(23)2)33-27(36)21-12-14-22(15-13-21)30(4,5)6/h8-17H,1-7H3,(H,31,37)(H,32,34)(H,33,36)/b20-8+,25-16+. The minimum absolute atomic E-state index is 0.00983. The molecule has 1 heterocycles. The lowest BCUT2D eigenvalue weighted by molar-refractivity contribution is -0.113. The van der Waals surface area contributed by atoms with Crippen LogP contribution in [-0.2, 0) is 10.2 Å². The van der Waals surface area contributed by atoms with Crippen molar-refractivity contribution in [2.75, 3.05) is 17.7 Å². The van der Waals surface area contributed by atoms with Crippen molar-refractivity contribution < 1.29 is 14.4 Å². The number of carbonyl (C=O) groups excluding carboxylic acids is 3. The number of Topliss-reactive ketones (excluding diaryl/α,β-unsaturated/α-hetero) is 1. The van der Waals surface area contributed by atoms with E-state index in [2.05, 4.69) is 41.7 Å². The molecule has 8 heteroatoms. The first kappa shape index (κ1) is 28.5. The van der Waals surface area contributed by atoms with E-state index in [1.54, 1.807) is 13.1 Å². The maximum Gasteiger partial charge on any atom is 0.262 e. The number of amides is 2. The number of carbonyl (C=O) groups is 3. The molecule has 3 aromatic rings. The molecule has 38 heavy (non-hydrogen) atoms. The molecule has 0 fully saturated rings. The highest BCUT2D eigenvalue weighted by Gasteiger charge is 2.17. The van der Waals surface area contributed by atoms with Gasteiger partial charge in [0.1, 0.15) is 4.88 Å². The molecule has 0 bridgehead atoms. The first-order valence-electron chi connectivity index (χ1n) is 12.3. The Labute approximate surface area is 228 Å². The maximum absolute atomic E-state index is 13.0. The summed E-state index contributed by atoms with van der Waals surface area (Å²) in [6, 6.07) is 13.3. The van der Waals surface area contributed by atoms with Crippen LogP contribution in [0, 0.1) is 6.92 Å². The van der Waals surface area contributed by atoms with E-state index in [0.29, 0.717) is 27.0 Å². The number of aromatic nitrogens is 1. The van der Waals surface area contributed by atoms with E-state index in [0.717, 1.165) is 33.6 Å². The molecule has 0 spiro atoms. The van der Waals surface area contributed by atoms with Gasteiger partial charge in [-0.25, -0.2) is 4.98 Å². The topological polar surface area (TPSA) is 100 Å². The smallest absolute Gasteiger partial charge is 0.262 e. The van der Waals surface area contributed by atoms with Crippen molar-refractivity contribution >= 4 is 45.3 Å². The zero-order chi connectivity index (χ0) is 28.0. The highest BCUT2D eigenvalue weighted by atomic mass is 32.1. The highest BCUT2D eigenvalue weighted by molar-refractivity contribution is 7.17. The zero-order valence-electron chi connectivity index (χ0n) is 22.9. The van der Waals surface area contributed by atoms with Gasteiger partial charge in [0, 0.05) is 25.2 Å². The van der Waals surface area contributed by atoms with Crippen LogP contribution in [0.25, 0.3) is 5.57 Å². The SMILES string of the molecule is C/C=C(\C=C(\Nc1ncc(C(=O)NC)s1)C(C)=O)c1cccc(NC(=O)c2ccc(C(C)(C)C)cc2)c1C. The van der Waals surface area contributed by atoms with E-state index >= 15 is 0 Å². The molecule has 7 nitrogen and oxygen atoms in total. The summed E-state index contributed by atoms with van der Waals surface area (Å²) in [7, 11) is 1.55. The van der Waals surface area contributed by atoms with Crippen LogP contribution >= 0.6 is 11.3 Å². The summed E-state index contributed by atoms with van der Waals surface area (Å²) < 4.78 is 0. The molecule has 1 aromatic heterocycles. The third-order valence-corrected chi connectivity index (χ3v) is 7.01. The Bertz CT molecular complexity index is 1410. The third-order valence-electron chi connectivity index (χ3n) is 6.09. The number of hydrogen-bond acceptors (Lipinski definition) is 6. The van der Waals surface area contributed by atoms with E-state index < -0.39 is 0 Å². The molecule has 3 N–H and O–H groups in total. The van der Waals surface area contributed by atoms with Crippen molar-refractivity contribution in [3.63, 3.8) is 0 Å². The molecule has 3 rings (SSSR count). The van der Waals surface area contributed by atoms with Crippen LogP contribution in [0.4, 0.5) is 10.8 Å². The lowest BCUT2D eigenvalue weighted by Gasteiger charge is -2.19. The maximum atomic E-state index is 13.0. The molecule has 198 valence electrons. The molecule has 0 saturated heterocycles. The molecule has 0 aliphatic heterocycles. The predicted molar refractivity (Wildman–Crippen MR) is 156 cm³/mol. The molecule has 0 aliphatic carbocycles. The van der Waals surface area contributed by atoms with Crippen molar-refractivity contribution in [1.82, 2.24) is 10.3 Å². The van der Waals surface area contributed by atoms with E-state index in [1.165, 1.54) is 13.1 Å². The van der Waals surface area contributed by atoms with Gasteiger partial charge < -0.3 is 16.0 Å². The number of anilines is 2. The van der Waals surface area contributed by atoms with Gasteiger partial charge in [0.05, 0.1) is 11.9 Å². The fourth-order valence-electron chi connectivity index (χ4n) is 3.77. The number of nitrogens with zero attached hydrogens (tertiary/aromatic N) is 1. The highest BCUT2D eigenvalue weighted by Crippen LogP contribution is 2.29. The predicted octanol–water partition coefficient (Wildman–Crippen LogP) is 6.35. The van der Waals surface area contributed by atoms with Gasteiger partial charge in [0.2, 0.25) is 0 Å². The van der Waals surface area contributed by atoms with Gasteiger partial charge in [-0.15, -0.1) is 0 Å². The van der Waals surface area contributed by atoms with Gasteiger partial charge in [-0.3, -0.25) is 14.4 Å². The summed E-state index contributed by atoms with van der Waals surface area (Å²) >= 11 is 1.16. The van der Waals surface area contributed by atoms with Crippen molar-refractivity contribution in [1.29, 1.82) is 0 Å². The first-order valence-corrected chi connectivity index (χ1v) is 13.1. The second kappa shape index (κ2) is 12.0. The molecule has 0 unspecified atom stereocenters. The lowest BCUT2D eigenvalue weighted by atomic mass is 9.86. The molecule has 0 atom stereocenters. The summed E-state index contributed by atoms with van der Waals surface area (Å²) in [6.45, 7) is 11.7. The Balaban J connectivity index is 1.86. The van der Waals surface area contributed by atoms with Crippen LogP contribution in [0.2, 0.25) is 0 Å². The van der Waals surface area contributed by atoms with Gasteiger partial charge in [-0.1, -0.05) is 62.4 Å². The number of benzene rings is 2. The van der Waals surface area contributed by atoms with Crippen molar-refractivity contribution in [3.8, 4) is 0 Å². The largest absolute Gasteiger partial charge is 0.354 e. The van der Waals surface area contributed by atoms with Gasteiger partial charge >= 0.3 is 0 Å². The van der Waals surface area contributed by atoms with Crippen molar-refractivity contribution in [2.24, 2.45) is 0 Å². The first-order chi connectivity index (χ1) is 17.9. The van der Waals surface area contributed by atoms with Crippen LogP contribution in [0.15, 0.2) is 66.5 Å². The molecule has 0 aliphatic rings. The summed E-state index contributed by atoms with van der Waals surface area (Å²) in [5, 5.41) is 9.07. The average Bonchev–Trinajstić information content (AvgIpc) is 3.35. The Morgan fingerprint density at radius 2 is 1.66 bits per heavy atom. The van der Waals surface area contributed by atoms with Crippen LogP contribution in [0.3, 0.4) is 0 Å². The number of rotatable bonds is 8. The van der Waals surface area contributed by atoms with Gasteiger partial charge in [-0.05, 0) is 65.8 Å². The Morgan fingerprint density at radius 3 is 2.24 bits per heavy atom. The van der Waals surface area contributed by atoms with Crippen LogP contribution in [0.5, 0.6) is 0 Å². The second-order valence-electron chi connectivity index (χ2n) is 9.85. The minimum Gasteiger partial charge on any atom is -0.354 e. The number of allylic oxidation sites excluding steroid dienone is 4.